The molecule has 0 N–H and O–H groups in total. The summed E-state index contributed by atoms with van der Waals surface area (Å²) in [5.74, 6) is 0.547. The van der Waals surface area contributed by atoms with Crippen LogP contribution in [0.25, 0.3) is 11.3 Å². The SMILES string of the molecule is Cc1cc(Oc2snc(-c3ccccc3)c2Cl)c(Cl)cc1N=CN1CCCCC1. The molecule has 0 spiro atoms. The summed E-state index contributed by atoms with van der Waals surface area (Å²) in [6.45, 7) is 4.12. The van der Waals surface area contributed by atoms with Crippen LogP contribution in [0, 0.1) is 6.92 Å². The average molecular weight is 446 g/mol. The topological polar surface area (TPSA) is 37.7 Å². The van der Waals surface area contributed by atoms with E-state index in [0.717, 1.165) is 29.9 Å². The fourth-order valence-electron chi connectivity index (χ4n) is 3.24. The first-order valence-corrected chi connectivity index (χ1v) is 11.1. The molecule has 0 atom stereocenters. The number of hydrogen-bond donors (Lipinski definition) is 0. The fraction of sp³-hybridized carbons (Fsp3) is 0.273. The van der Waals surface area contributed by atoms with Gasteiger partial charge < -0.3 is 9.64 Å². The highest BCUT2D eigenvalue weighted by Crippen LogP contribution is 2.43. The Hall–Kier alpha value is -2.08. The van der Waals surface area contributed by atoms with Crippen LogP contribution in [0.2, 0.25) is 10.0 Å². The second-order valence-corrected chi connectivity index (χ2v) is 8.53. The largest absolute Gasteiger partial charge is 0.442 e. The van der Waals surface area contributed by atoms with E-state index in [1.54, 1.807) is 0 Å². The Morgan fingerprint density at radius 2 is 1.86 bits per heavy atom. The molecule has 1 fully saturated rings. The lowest BCUT2D eigenvalue weighted by Gasteiger charge is -2.23. The summed E-state index contributed by atoms with van der Waals surface area (Å²) in [6, 6.07) is 13.5. The lowest BCUT2D eigenvalue weighted by Crippen LogP contribution is -2.28. The van der Waals surface area contributed by atoms with Gasteiger partial charge in [-0.05, 0) is 43.9 Å². The standard InChI is InChI=1S/C22H21Cl2N3OS/c1-15-12-19(17(23)13-18(15)25-14-27-10-6-3-7-11-27)28-22-20(24)21(26-29-22)16-8-4-2-5-9-16/h2,4-5,8-9,12-14H,3,6-7,10-11H2,1H3. The van der Waals surface area contributed by atoms with Crippen LogP contribution in [-0.4, -0.2) is 28.7 Å². The van der Waals surface area contributed by atoms with Crippen molar-refractivity contribution in [2.45, 2.75) is 26.2 Å². The predicted molar refractivity (Wildman–Crippen MR) is 122 cm³/mol. The highest BCUT2D eigenvalue weighted by molar-refractivity contribution is 7.08. The van der Waals surface area contributed by atoms with Gasteiger partial charge in [-0.2, -0.15) is 4.37 Å². The van der Waals surface area contributed by atoms with Crippen LogP contribution in [0.1, 0.15) is 24.8 Å². The highest BCUT2D eigenvalue weighted by Gasteiger charge is 2.17. The van der Waals surface area contributed by atoms with Gasteiger partial charge in [0.2, 0.25) is 5.06 Å². The van der Waals surface area contributed by atoms with Crippen molar-refractivity contribution in [1.29, 1.82) is 0 Å². The molecular weight excluding hydrogens is 425 g/mol. The minimum atomic E-state index is 0.488. The van der Waals surface area contributed by atoms with E-state index in [4.69, 9.17) is 27.9 Å². The summed E-state index contributed by atoms with van der Waals surface area (Å²) in [6.07, 6.45) is 5.66. The second kappa shape index (κ2) is 9.16. The fourth-order valence-corrected chi connectivity index (χ4v) is 4.46. The first-order chi connectivity index (χ1) is 14.1. The zero-order valence-electron chi connectivity index (χ0n) is 16.1. The molecule has 150 valence electrons. The number of aryl methyl sites for hydroxylation is 1. The van der Waals surface area contributed by atoms with Crippen molar-refractivity contribution >= 4 is 46.8 Å². The van der Waals surface area contributed by atoms with Crippen molar-refractivity contribution in [2.75, 3.05) is 13.1 Å². The van der Waals surface area contributed by atoms with Crippen LogP contribution in [-0.2, 0) is 0 Å². The van der Waals surface area contributed by atoms with Crippen LogP contribution in [0.5, 0.6) is 10.8 Å². The van der Waals surface area contributed by atoms with E-state index in [-0.39, 0.29) is 0 Å². The maximum atomic E-state index is 6.52. The quantitative estimate of drug-likeness (QED) is 0.303. The zero-order chi connectivity index (χ0) is 20.2. The van der Waals surface area contributed by atoms with Crippen LogP contribution < -0.4 is 4.74 Å². The molecule has 0 unspecified atom stereocenters. The maximum absolute atomic E-state index is 6.52. The van der Waals surface area contributed by atoms with Gasteiger partial charge >= 0.3 is 0 Å². The van der Waals surface area contributed by atoms with E-state index in [1.807, 2.05) is 55.7 Å². The third-order valence-electron chi connectivity index (χ3n) is 4.86. The number of piperidine rings is 1. The second-order valence-electron chi connectivity index (χ2n) is 7.01. The van der Waals surface area contributed by atoms with Crippen molar-refractivity contribution in [3.63, 3.8) is 0 Å². The van der Waals surface area contributed by atoms with E-state index in [0.29, 0.717) is 26.6 Å². The van der Waals surface area contributed by atoms with Gasteiger partial charge in [-0.15, -0.1) is 0 Å². The van der Waals surface area contributed by atoms with Crippen LogP contribution in [0.3, 0.4) is 0 Å². The Morgan fingerprint density at radius 1 is 1.10 bits per heavy atom. The molecule has 0 amide bonds. The molecule has 1 aliphatic rings. The third kappa shape index (κ3) is 4.74. The normalized spacial score (nSPS) is 14.5. The van der Waals surface area contributed by atoms with Crippen molar-refractivity contribution in [3.8, 4) is 22.1 Å². The first kappa shape index (κ1) is 20.2. The number of aliphatic imine (C=N–C) groups is 1. The molecule has 1 aliphatic heterocycles. The molecule has 0 radical (unpaired) electrons. The van der Waals surface area contributed by atoms with E-state index in [9.17, 15) is 0 Å². The summed E-state index contributed by atoms with van der Waals surface area (Å²) >= 11 is 14.2. The summed E-state index contributed by atoms with van der Waals surface area (Å²) in [4.78, 5) is 6.88. The smallest absolute Gasteiger partial charge is 0.219 e. The molecule has 4 nitrogen and oxygen atoms in total. The van der Waals surface area contributed by atoms with Crippen LogP contribution in [0.4, 0.5) is 5.69 Å². The Kier molecular flexibility index (Phi) is 6.38. The number of rotatable bonds is 5. The van der Waals surface area contributed by atoms with Crippen LogP contribution in [0.15, 0.2) is 47.5 Å². The molecular formula is C22H21Cl2N3OS. The number of hydrogen-bond acceptors (Lipinski definition) is 4. The zero-order valence-corrected chi connectivity index (χ0v) is 18.4. The molecule has 0 saturated carbocycles. The summed E-state index contributed by atoms with van der Waals surface area (Å²) < 4.78 is 10.4. The van der Waals surface area contributed by atoms with Gasteiger partial charge in [0.05, 0.1) is 17.0 Å². The van der Waals surface area contributed by atoms with Gasteiger partial charge in [-0.25, -0.2) is 4.99 Å². The summed E-state index contributed by atoms with van der Waals surface area (Å²) in [5.41, 5.74) is 3.49. The molecule has 2 heterocycles. The van der Waals surface area contributed by atoms with Gasteiger partial charge in [0.25, 0.3) is 0 Å². The van der Waals surface area contributed by atoms with Crippen molar-refractivity contribution in [1.82, 2.24) is 9.27 Å². The van der Waals surface area contributed by atoms with Crippen molar-refractivity contribution in [3.05, 3.63) is 58.1 Å². The predicted octanol–water partition coefficient (Wildman–Crippen LogP) is 7.36. The number of aromatic nitrogens is 1. The van der Waals surface area contributed by atoms with E-state index < -0.39 is 0 Å². The number of ether oxygens (including phenoxy) is 1. The summed E-state index contributed by atoms with van der Waals surface area (Å²) in [7, 11) is 0. The van der Waals surface area contributed by atoms with Gasteiger partial charge in [0.1, 0.15) is 16.5 Å². The van der Waals surface area contributed by atoms with Gasteiger partial charge in [-0.3, -0.25) is 0 Å². The van der Waals surface area contributed by atoms with Crippen molar-refractivity contribution in [2.24, 2.45) is 4.99 Å². The molecule has 1 aromatic heterocycles. The maximum Gasteiger partial charge on any atom is 0.219 e. The van der Waals surface area contributed by atoms with Gasteiger partial charge in [-0.1, -0.05) is 53.5 Å². The number of likely N-dealkylation sites (tertiary alicyclic amines) is 1. The molecule has 0 aliphatic carbocycles. The average Bonchev–Trinajstić information content (AvgIpc) is 3.11. The monoisotopic (exact) mass is 445 g/mol. The molecule has 3 aromatic rings. The van der Waals surface area contributed by atoms with E-state index in [1.165, 1.54) is 30.8 Å². The minimum Gasteiger partial charge on any atom is -0.442 e. The molecule has 4 rings (SSSR count). The summed E-state index contributed by atoms with van der Waals surface area (Å²) in [5, 5.41) is 1.51. The molecule has 7 heteroatoms. The number of nitrogens with zero attached hydrogens (tertiary/aromatic N) is 3. The number of benzene rings is 2. The molecule has 1 saturated heterocycles. The Balaban J connectivity index is 1.53. The van der Waals surface area contributed by atoms with Crippen molar-refractivity contribution < 1.29 is 4.74 Å². The molecule has 0 bridgehead atoms. The Morgan fingerprint density at radius 3 is 2.62 bits per heavy atom. The molecule has 29 heavy (non-hydrogen) atoms. The van der Waals surface area contributed by atoms with Gasteiger partial charge in [0, 0.05) is 30.2 Å². The molecule has 2 aromatic carbocycles. The van der Waals surface area contributed by atoms with E-state index in [2.05, 4.69) is 14.3 Å². The highest BCUT2D eigenvalue weighted by atomic mass is 35.5. The van der Waals surface area contributed by atoms with Crippen LogP contribution >= 0.6 is 34.7 Å². The minimum absolute atomic E-state index is 0.488. The Bertz CT molecular complexity index is 1010. The first-order valence-electron chi connectivity index (χ1n) is 9.58. The lowest BCUT2D eigenvalue weighted by atomic mass is 10.1. The Labute approximate surface area is 184 Å². The van der Waals surface area contributed by atoms with E-state index >= 15 is 0 Å². The van der Waals surface area contributed by atoms with Gasteiger partial charge in [0.15, 0.2) is 0 Å². The third-order valence-corrected chi connectivity index (χ3v) is 6.34. The number of halogens is 2. The lowest BCUT2D eigenvalue weighted by molar-refractivity contribution is 0.351.